The van der Waals surface area contributed by atoms with Crippen LogP contribution in [-0.4, -0.2) is 32.2 Å². The fourth-order valence-corrected chi connectivity index (χ4v) is 4.29. The standard InChI is InChI=1S/C19H22N2O5S/c22-19(20-23)18-13-15(9-10-26-18)11-14-5-4-6-16(12-14)21-27(24,25)17-7-2-1-3-8-17/h1-8,12,15,18,21,23H,9-11,13H2,(H,20,22). The van der Waals surface area contributed by atoms with Gasteiger partial charge >= 0.3 is 0 Å². The van der Waals surface area contributed by atoms with Crippen LogP contribution in [0.15, 0.2) is 59.5 Å². The van der Waals surface area contributed by atoms with E-state index in [2.05, 4.69) is 4.72 Å². The summed E-state index contributed by atoms with van der Waals surface area (Å²) >= 11 is 0. The second-order valence-electron chi connectivity index (χ2n) is 6.55. The van der Waals surface area contributed by atoms with E-state index in [1.807, 2.05) is 6.07 Å². The Bertz CT molecular complexity index is 886. The van der Waals surface area contributed by atoms with Gasteiger partial charge < -0.3 is 4.74 Å². The van der Waals surface area contributed by atoms with Crippen LogP contribution in [0, 0.1) is 5.92 Å². The first-order chi connectivity index (χ1) is 13.0. The lowest BCUT2D eigenvalue weighted by atomic mass is 9.89. The Morgan fingerprint density at radius 2 is 1.93 bits per heavy atom. The molecule has 2 atom stereocenters. The van der Waals surface area contributed by atoms with E-state index in [1.54, 1.807) is 54.0 Å². The first-order valence-corrected chi connectivity index (χ1v) is 10.2. The predicted molar refractivity (Wildman–Crippen MR) is 99.8 cm³/mol. The van der Waals surface area contributed by atoms with Gasteiger partial charge in [0.15, 0.2) is 0 Å². The molecule has 1 fully saturated rings. The zero-order valence-corrected chi connectivity index (χ0v) is 15.5. The Morgan fingerprint density at radius 3 is 2.67 bits per heavy atom. The third kappa shape index (κ3) is 5.06. The molecule has 0 spiro atoms. The maximum atomic E-state index is 12.5. The third-order valence-electron chi connectivity index (χ3n) is 4.55. The molecule has 7 nitrogen and oxygen atoms in total. The highest BCUT2D eigenvalue weighted by Gasteiger charge is 2.28. The Labute approximate surface area is 158 Å². The van der Waals surface area contributed by atoms with Crippen molar-refractivity contribution in [2.75, 3.05) is 11.3 Å². The Balaban J connectivity index is 1.68. The second-order valence-corrected chi connectivity index (χ2v) is 8.23. The highest BCUT2D eigenvalue weighted by molar-refractivity contribution is 7.92. The Hall–Kier alpha value is -2.42. The molecule has 0 aliphatic carbocycles. The number of benzene rings is 2. The second kappa shape index (κ2) is 8.51. The smallest absolute Gasteiger partial charge is 0.272 e. The van der Waals surface area contributed by atoms with Gasteiger partial charge in [0.1, 0.15) is 6.10 Å². The molecule has 0 bridgehead atoms. The Morgan fingerprint density at radius 1 is 1.15 bits per heavy atom. The average molecular weight is 390 g/mol. The molecule has 27 heavy (non-hydrogen) atoms. The zero-order valence-electron chi connectivity index (χ0n) is 14.7. The molecule has 3 N–H and O–H groups in total. The quantitative estimate of drug-likeness (QED) is 0.519. The zero-order chi connectivity index (χ0) is 19.3. The molecule has 3 rings (SSSR count). The summed E-state index contributed by atoms with van der Waals surface area (Å²) in [6, 6.07) is 15.4. The minimum atomic E-state index is -3.64. The number of nitrogens with one attached hydrogen (secondary N) is 2. The Kier molecular flexibility index (Phi) is 6.10. The first kappa shape index (κ1) is 19.3. The highest BCUT2D eigenvalue weighted by Crippen LogP contribution is 2.26. The van der Waals surface area contributed by atoms with Crippen molar-refractivity contribution in [3.8, 4) is 0 Å². The van der Waals surface area contributed by atoms with Gasteiger partial charge in [0.25, 0.3) is 15.9 Å². The molecule has 2 unspecified atom stereocenters. The van der Waals surface area contributed by atoms with Gasteiger partial charge in [-0.05, 0) is 55.0 Å². The predicted octanol–water partition coefficient (Wildman–Crippen LogP) is 2.33. The largest absolute Gasteiger partial charge is 0.368 e. The molecule has 1 heterocycles. The van der Waals surface area contributed by atoms with Gasteiger partial charge in [0, 0.05) is 12.3 Å². The van der Waals surface area contributed by atoms with Crippen molar-refractivity contribution in [1.29, 1.82) is 0 Å². The highest BCUT2D eigenvalue weighted by atomic mass is 32.2. The van der Waals surface area contributed by atoms with Gasteiger partial charge in [-0.25, -0.2) is 13.9 Å². The SMILES string of the molecule is O=C(NO)C1CC(Cc2cccc(NS(=O)(=O)c3ccccc3)c2)CCO1. The number of hydroxylamine groups is 1. The number of carbonyl (C=O) groups excluding carboxylic acids is 1. The van der Waals surface area contributed by atoms with E-state index in [0.29, 0.717) is 25.1 Å². The minimum absolute atomic E-state index is 0.206. The van der Waals surface area contributed by atoms with Crippen LogP contribution in [-0.2, 0) is 26.0 Å². The summed E-state index contributed by atoms with van der Waals surface area (Å²) in [6.07, 6.45) is 1.34. The summed E-state index contributed by atoms with van der Waals surface area (Å²) in [5.41, 5.74) is 3.09. The van der Waals surface area contributed by atoms with Gasteiger partial charge in [-0.2, -0.15) is 0 Å². The van der Waals surface area contributed by atoms with Crippen LogP contribution < -0.4 is 10.2 Å². The van der Waals surface area contributed by atoms with Crippen LogP contribution in [0.25, 0.3) is 0 Å². The molecule has 0 radical (unpaired) electrons. The van der Waals surface area contributed by atoms with Crippen molar-refractivity contribution in [1.82, 2.24) is 5.48 Å². The average Bonchev–Trinajstić information content (AvgIpc) is 2.68. The van der Waals surface area contributed by atoms with Gasteiger partial charge in [-0.1, -0.05) is 30.3 Å². The molecule has 2 aromatic rings. The lowest BCUT2D eigenvalue weighted by Crippen LogP contribution is -2.39. The fourth-order valence-electron chi connectivity index (χ4n) is 3.21. The van der Waals surface area contributed by atoms with Crippen LogP contribution in [0.3, 0.4) is 0 Å². The van der Waals surface area contributed by atoms with E-state index in [1.165, 1.54) is 0 Å². The maximum Gasteiger partial charge on any atom is 0.272 e. The number of carbonyl (C=O) groups is 1. The van der Waals surface area contributed by atoms with Crippen LogP contribution in [0.4, 0.5) is 5.69 Å². The van der Waals surface area contributed by atoms with E-state index < -0.39 is 22.0 Å². The van der Waals surface area contributed by atoms with E-state index in [-0.39, 0.29) is 10.8 Å². The monoisotopic (exact) mass is 390 g/mol. The number of anilines is 1. The molecular weight excluding hydrogens is 368 g/mol. The minimum Gasteiger partial charge on any atom is -0.368 e. The summed E-state index contributed by atoms with van der Waals surface area (Å²) in [6.45, 7) is 0.448. The molecule has 0 saturated carbocycles. The van der Waals surface area contributed by atoms with Crippen molar-refractivity contribution in [3.63, 3.8) is 0 Å². The lowest BCUT2D eigenvalue weighted by molar-refractivity contribution is -0.145. The number of hydrogen-bond acceptors (Lipinski definition) is 5. The van der Waals surface area contributed by atoms with E-state index >= 15 is 0 Å². The van der Waals surface area contributed by atoms with Crippen LogP contribution in [0.1, 0.15) is 18.4 Å². The van der Waals surface area contributed by atoms with Gasteiger partial charge in [0.05, 0.1) is 4.90 Å². The van der Waals surface area contributed by atoms with Crippen molar-refractivity contribution in [2.24, 2.45) is 5.92 Å². The van der Waals surface area contributed by atoms with Gasteiger partial charge in [0.2, 0.25) is 0 Å². The third-order valence-corrected chi connectivity index (χ3v) is 5.95. The van der Waals surface area contributed by atoms with Crippen LogP contribution >= 0.6 is 0 Å². The molecule has 2 aromatic carbocycles. The van der Waals surface area contributed by atoms with E-state index in [0.717, 1.165) is 12.0 Å². The molecule has 1 aliphatic rings. The van der Waals surface area contributed by atoms with E-state index in [9.17, 15) is 13.2 Å². The molecule has 1 aliphatic heterocycles. The summed E-state index contributed by atoms with van der Waals surface area (Å²) in [5.74, 6) is -0.328. The van der Waals surface area contributed by atoms with Crippen molar-refractivity contribution >= 4 is 21.6 Å². The fraction of sp³-hybridized carbons (Fsp3) is 0.316. The molecule has 144 valence electrons. The summed E-state index contributed by atoms with van der Waals surface area (Å²) in [7, 11) is -3.64. The van der Waals surface area contributed by atoms with Gasteiger partial charge in [-0.15, -0.1) is 0 Å². The maximum absolute atomic E-state index is 12.5. The molecule has 1 amide bonds. The van der Waals surface area contributed by atoms with E-state index in [4.69, 9.17) is 9.94 Å². The first-order valence-electron chi connectivity index (χ1n) is 8.70. The van der Waals surface area contributed by atoms with Crippen LogP contribution in [0.2, 0.25) is 0 Å². The molecule has 8 heteroatoms. The number of rotatable bonds is 6. The number of ether oxygens (including phenoxy) is 1. The summed E-state index contributed by atoms with van der Waals surface area (Å²) in [5, 5.41) is 8.76. The molecular formula is C19H22N2O5S. The number of amides is 1. The van der Waals surface area contributed by atoms with Crippen molar-refractivity contribution < 1.29 is 23.2 Å². The summed E-state index contributed by atoms with van der Waals surface area (Å²) < 4.78 is 32.9. The van der Waals surface area contributed by atoms with Crippen molar-refractivity contribution in [3.05, 3.63) is 60.2 Å². The topological polar surface area (TPSA) is 105 Å². The normalized spacial score (nSPS) is 20.0. The summed E-state index contributed by atoms with van der Waals surface area (Å²) in [4.78, 5) is 11.8. The lowest BCUT2D eigenvalue weighted by Gasteiger charge is -2.28. The molecule has 1 saturated heterocycles. The number of sulfonamides is 1. The molecule has 0 aromatic heterocycles. The van der Waals surface area contributed by atoms with Crippen LogP contribution in [0.5, 0.6) is 0 Å². The number of hydrogen-bond donors (Lipinski definition) is 3. The van der Waals surface area contributed by atoms with Gasteiger partial charge in [-0.3, -0.25) is 14.7 Å². The van der Waals surface area contributed by atoms with Crippen molar-refractivity contribution in [2.45, 2.75) is 30.3 Å².